The van der Waals surface area contributed by atoms with E-state index in [1.807, 2.05) is 31.2 Å². The van der Waals surface area contributed by atoms with E-state index in [0.29, 0.717) is 0 Å². The number of nitrogens with zero attached hydrogens (tertiary/aromatic N) is 1. The van der Waals surface area contributed by atoms with Gasteiger partial charge >= 0.3 is 0 Å². The molecule has 3 aromatic rings. The Labute approximate surface area is 120 Å². The Morgan fingerprint density at radius 3 is 2.30 bits per heavy atom. The molecule has 1 aromatic heterocycles. The lowest BCUT2D eigenvalue weighted by Gasteiger charge is -2.03. The van der Waals surface area contributed by atoms with Crippen LogP contribution in [0.5, 0.6) is 0 Å². The van der Waals surface area contributed by atoms with Crippen LogP contribution < -0.4 is 0 Å². The normalized spacial score (nSPS) is 11.5. The zero-order valence-corrected chi connectivity index (χ0v) is 12.0. The van der Waals surface area contributed by atoms with Crippen molar-refractivity contribution in [1.82, 2.24) is 4.98 Å². The summed E-state index contributed by atoms with van der Waals surface area (Å²) in [5.41, 5.74) is 3.67. The van der Waals surface area contributed by atoms with Crippen LogP contribution in [0, 0.1) is 6.92 Å². The quantitative estimate of drug-likeness (QED) is 0.636. The summed E-state index contributed by atoms with van der Waals surface area (Å²) >= 11 is 0. The third-order valence-corrected chi connectivity index (χ3v) is 3.22. The van der Waals surface area contributed by atoms with E-state index in [1.165, 1.54) is 22.2 Å². The van der Waals surface area contributed by atoms with E-state index in [1.54, 1.807) is 0 Å². The van der Waals surface area contributed by atoms with Gasteiger partial charge < -0.3 is 4.98 Å². The number of benzene rings is 2. The molecule has 0 amide bonds. The number of hydrogen-bond acceptors (Lipinski definition) is 1. The average molecular weight is 264 g/mol. The predicted molar refractivity (Wildman–Crippen MR) is 87.4 cm³/mol. The molecule has 2 heteroatoms. The number of aryl methyl sites for hydroxylation is 1. The summed E-state index contributed by atoms with van der Waals surface area (Å²) in [7, 11) is 0. The molecule has 0 saturated carbocycles. The third kappa shape index (κ3) is 3.58. The van der Waals surface area contributed by atoms with Crippen LogP contribution in [0.3, 0.4) is 0 Å². The molecule has 0 aliphatic heterocycles. The molecule has 0 spiro atoms. The number of aromatic nitrogens is 1. The first-order valence-electron chi connectivity index (χ1n) is 6.76. The van der Waals surface area contributed by atoms with Gasteiger partial charge in [-0.3, -0.25) is 4.99 Å². The molecular formula is C18H20N2. The molecule has 2 nitrogen and oxygen atoms in total. The highest BCUT2D eigenvalue weighted by molar-refractivity contribution is 5.79. The average Bonchev–Trinajstić information content (AvgIpc) is 2.88. The predicted octanol–water partition coefficient (Wildman–Crippen LogP) is 4.92. The SMILES string of the molecule is C=NC(C)c1ccccc1.Cc1cc2ccccc2[nH]1. The van der Waals surface area contributed by atoms with Gasteiger partial charge in [0.1, 0.15) is 0 Å². The highest BCUT2D eigenvalue weighted by atomic mass is 14.7. The molecule has 1 unspecified atom stereocenters. The molecule has 2 aromatic carbocycles. The minimum Gasteiger partial charge on any atom is -0.359 e. The van der Waals surface area contributed by atoms with E-state index in [9.17, 15) is 0 Å². The maximum Gasteiger partial charge on any atom is 0.0713 e. The smallest absolute Gasteiger partial charge is 0.0713 e. The molecule has 102 valence electrons. The van der Waals surface area contributed by atoms with Crippen LogP contribution >= 0.6 is 0 Å². The van der Waals surface area contributed by atoms with Gasteiger partial charge in [-0.2, -0.15) is 0 Å². The van der Waals surface area contributed by atoms with Gasteiger partial charge in [-0.15, -0.1) is 0 Å². The zero-order chi connectivity index (χ0) is 14.4. The van der Waals surface area contributed by atoms with Crippen LogP contribution in [-0.4, -0.2) is 11.7 Å². The van der Waals surface area contributed by atoms with Gasteiger partial charge in [0.25, 0.3) is 0 Å². The Balaban J connectivity index is 0.000000147. The van der Waals surface area contributed by atoms with Crippen LogP contribution in [0.2, 0.25) is 0 Å². The number of fused-ring (bicyclic) bond motifs is 1. The molecule has 20 heavy (non-hydrogen) atoms. The van der Waals surface area contributed by atoms with Crippen LogP contribution in [0.25, 0.3) is 10.9 Å². The van der Waals surface area contributed by atoms with Gasteiger partial charge in [0.2, 0.25) is 0 Å². The van der Waals surface area contributed by atoms with E-state index in [-0.39, 0.29) is 6.04 Å². The van der Waals surface area contributed by atoms with Gasteiger partial charge in [0.05, 0.1) is 6.04 Å². The lowest BCUT2D eigenvalue weighted by atomic mass is 10.1. The number of aromatic amines is 1. The fraction of sp³-hybridized carbons (Fsp3) is 0.167. The third-order valence-electron chi connectivity index (χ3n) is 3.22. The Morgan fingerprint density at radius 1 is 1.00 bits per heavy atom. The first-order chi connectivity index (χ1) is 9.70. The van der Waals surface area contributed by atoms with Crippen molar-refractivity contribution in [2.75, 3.05) is 0 Å². The van der Waals surface area contributed by atoms with Crippen LogP contribution in [-0.2, 0) is 0 Å². The van der Waals surface area contributed by atoms with E-state index in [0.717, 1.165) is 0 Å². The van der Waals surface area contributed by atoms with E-state index >= 15 is 0 Å². The van der Waals surface area contributed by atoms with Crippen molar-refractivity contribution in [3.8, 4) is 0 Å². The second-order valence-corrected chi connectivity index (χ2v) is 4.81. The van der Waals surface area contributed by atoms with Crippen molar-refractivity contribution in [1.29, 1.82) is 0 Å². The molecule has 0 saturated heterocycles. The van der Waals surface area contributed by atoms with Gasteiger partial charge in [0, 0.05) is 11.2 Å². The number of para-hydroxylation sites is 1. The lowest BCUT2D eigenvalue weighted by molar-refractivity contribution is 0.828. The Morgan fingerprint density at radius 2 is 1.65 bits per heavy atom. The van der Waals surface area contributed by atoms with Gasteiger partial charge in [-0.1, -0.05) is 48.5 Å². The van der Waals surface area contributed by atoms with E-state index < -0.39 is 0 Å². The fourth-order valence-corrected chi connectivity index (χ4v) is 2.06. The standard InChI is InChI=1S/C9H9N.C9H11N/c1-7-6-8-4-2-3-5-9(8)10-7;1-8(10-2)9-6-4-3-5-7-9/h2-6,10H,1H3;3-8H,2H2,1H3. The Hall–Kier alpha value is -2.35. The van der Waals surface area contributed by atoms with E-state index in [2.05, 4.69) is 60.0 Å². The van der Waals surface area contributed by atoms with Crippen molar-refractivity contribution >= 4 is 17.6 Å². The van der Waals surface area contributed by atoms with Crippen LogP contribution in [0.4, 0.5) is 0 Å². The maximum atomic E-state index is 3.91. The minimum absolute atomic E-state index is 0.223. The molecule has 1 atom stereocenters. The largest absolute Gasteiger partial charge is 0.359 e. The first kappa shape index (κ1) is 14.1. The summed E-state index contributed by atoms with van der Waals surface area (Å²) in [6.07, 6.45) is 0. The highest BCUT2D eigenvalue weighted by Crippen LogP contribution is 2.14. The maximum absolute atomic E-state index is 3.91. The number of aliphatic imine (C=N–C) groups is 1. The fourth-order valence-electron chi connectivity index (χ4n) is 2.06. The number of H-pyrrole nitrogens is 1. The Bertz CT molecular complexity index is 635. The summed E-state index contributed by atoms with van der Waals surface area (Å²) in [6, 6.07) is 20.8. The van der Waals surface area contributed by atoms with Crippen molar-refractivity contribution in [3.63, 3.8) is 0 Å². The molecule has 3 rings (SSSR count). The van der Waals surface area contributed by atoms with Crippen molar-refractivity contribution in [2.24, 2.45) is 4.99 Å². The molecular weight excluding hydrogens is 244 g/mol. The van der Waals surface area contributed by atoms with Gasteiger partial charge in [-0.05, 0) is 43.6 Å². The number of rotatable bonds is 2. The summed E-state index contributed by atoms with van der Waals surface area (Å²) < 4.78 is 0. The van der Waals surface area contributed by atoms with Crippen molar-refractivity contribution in [2.45, 2.75) is 19.9 Å². The number of nitrogens with one attached hydrogen (secondary N) is 1. The van der Waals surface area contributed by atoms with Crippen LogP contribution in [0.1, 0.15) is 24.2 Å². The van der Waals surface area contributed by atoms with E-state index in [4.69, 9.17) is 0 Å². The summed E-state index contributed by atoms with van der Waals surface area (Å²) in [5.74, 6) is 0. The monoisotopic (exact) mass is 264 g/mol. The second-order valence-electron chi connectivity index (χ2n) is 4.81. The molecule has 0 fully saturated rings. The zero-order valence-electron chi connectivity index (χ0n) is 12.0. The highest BCUT2D eigenvalue weighted by Gasteiger charge is 1.97. The summed E-state index contributed by atoms with van der Waals surface area (Å²) in [5, 5.41) is 1.29. The Kier molecular flexibility index (Phi) is 4.72. The minimum atomic E-state index is 0.223. The van der Waals surface area contributed by atoms with Crippen molar-refractivity contribution in [3.05, 3.63) is 71.9 Å². The molecule has 1 heterocycles. The summed E-state index contributed by atoms with van der Waals surface area (Å²) in [4.78, 5) is 7.17. The van der Waals surface area contributed by atoms with Gasteiger partial charge in [0.15, 0.2) is 0 Å². The first-order valence-corrected chi connectivity index (χ1v) is 6.76. The lowest BCUT2D eigenvalue weighted by Crippen LogP contribution is -1.86. The molecule has 0 aliphatic rings. The van der Waals surface area contributed by atoms with Crippen molar-refractivity contribution < 1.29 is 0 Å². The topological polar surface area (TPSA) is 28.1 Å². The number of hydrogen-bond donors (Lipinski definition) is 1. The molecule has 1 N–H and O–H groups in total. The second kappa shape index (κ2) is 6.71. The van der Waals surface area contributed by atoms with Crippen LogP contribution in [0.15, 0.2) is 65.7 Å². The van der Waals surface area contributed by atoms with Gasteiger partial charge in [-0.25, -0.2) is 0 Å². The summed E-state index contributed by atoms with van der Waals surface area (Å²) in [6.45, 7) is 7.59. The molecule has 0 aliphatic carbocycles. The molecule has 0 bridgehead atoms. The molecule has 0 radical (unpaired) electrons.